The second-order valence-electron chi connectivity index (χ2n) is 2.50. The molecule has 0 unspecified atom stereocenters. The average molecular weight is 165 g/mol. The predicted octanol–water partition coefficient (Wildman–Crippen LogP) is -0.692. The lowest BCUT2D eigenvalue weighted by Crippen LogP contribution is -2.11. The zero-order chi connectivity index (χ0) is 8.72. The van der Waals surface area contributed by atoms with Gasteiger partial charge in [0, 0.05) is 11.8 Å². The standard InChI is InChI=1S/C6H7N5O/c1-3-2-11-6(8-4(3)12)9-5(7)10-11/h2H,1H3,(H3,7,8,9,10,12). The Balaban J connectivity index is 2.92. The molecule has 12 heavy (non-hydrogen) atoms. The summed E-state index contributed by atoms with van der Waals surface area (Å²) in [6.45, 7) is 1.69. The van der Waals surface area contributed by atoms with Gasteiger partial charge in [-0.3, -0.25) is 9.78 Å². The Bertz CT molecular complexity index is 482. The second-order valence-corrected chi connectivity index (χ2v) is 2.50. The smallest absolute Gasteiger partial charge is 0.255 e. The van der Waals surface area contributed by atoms with Crippen molar-refractivity contribution in [3.63, 3.8) is 0 Å². The molecule has 0 saturated heterocycles. The SMILES string of the molecule is Cc1cn2nc(N)nc2[nH]c1=O. The third-order valence-electron chi connectivity index (χ3n) is 1.55. The summed E-state index contributed by atoms with van der Waals surface area (Å²) in [6.07, 6.45) is 1.58. The molecule has 62 valence electrons. The molecule has 3 N–H and O–H groups in total. The van der Waals surface area contributed by atoms with E-state index in [9.17, 15) is 4.79 Å². The molecule has 0 radical (unpaired) electrons. The van der Waals surface area contributed by atoms with Gasteiger partial charge in [-0.15, -0.1) is 5.10 Å². The highest BCUT2D eigenvalue weighted by atomic mass is 16.1. The molecule has 0 aromatic carbocycles. The van der Waals surface area contributed by atoms with Crippen molar-refractivity contribution in [2.24, 2.45) is 0 Å². The lowest BCUT2D eigenvalue weighted by Gasteiger charge is -1.91. The van der Waals surface area contributed by atoms with Gasteiger partial charge in [0.1, 0.15) is 0 Å². The van der Waals surface area contributed by atoms with Gasteiger partial charge >= 0.3 is 0 Å². The first kappa shape index (κ1) is 6.84. The van der Waals surface area contributed by atoms with Gasteiger partial charge in [0.15, 0.2) is 0 Å². The number of aromatic amines is 1. The molecular weight excluding hydrogens is 158 g/mol. The van der Waals surface area contributed by atoms with E-state index in [1.165, 1.54) is 4.52 Å². The summed E-state index contributed by atoms with van der Waals surface area (Å²) in [5.74, 6) is 0.513. The molecule has 0 fully saturated rings. The molecule has 0 aliphatic carbocycles. The molecule has 0 aliphatic rings. The maximum atomic E-state index is 11.1. The fourth-order valence-corrected chi connectivity index (χ4v) is 0.957. The number of nitrogens with one attached hydrogen (secondary N) is 1. The Labute approximate surface area is 67.0 Å². The molecule has 2 heterocycles. The Kier molecular flexibility index (Phi) is 1.18. The van der Waals surface area contributed by atoms with Gasteiger partial charge in [0.05, 0.1) is 0 Å². The third kappa shape index (κ3) is 0.849. The summed E-state index contributed by atoms with van der Waals surface area (Å²) >= 11 is 0. The molecule has 2 rings (SSSR count). The average Bonchev–Trinajstić information content (AvgIpc) is 2.30. The van der Waals surface area contributed by atoms with Crippen molar-refractivity contribution < 1.29 is 0 Å². The Morgan fingerprint density at radius 3 is 3.17 bits per heavy atom. The maximum absolute atomic E-state index is 11.1. The van der Waals surface area contributed by atoms with Crippen molar-refractivity contribution in [3.8, 4) is 0 Å². The Morgan fingerprint density at radius 2 is 2.42 bits per heavy atom. The second kappa shape index (κ2) is 2.07. The first-order chi connectivity index (χ1) is 5.66. The fourth-order valence-electron chi connectivity index (χ4n) is 0.957. The highest BCUT2D eigenvalue weighted by molar-refractivity contribution is 5.33. The summed E-state index contributed by atoms with van der Waals surface area (Å²) in [7, 11) is 0. The molecule has 2 aromatic rings. The molecule has 0 bridgehead atoms. The van der Waals surface area contributed by atoms with E-state index in [1.54, 1.807) is 13.1 Å². The van der Waals surface area contributed by atoms with Crippen LogP contribution in [0, 0.1) is 6.92 Å². The van der Waals surface area contributed by atoms with Crippen molar-refractivity contribution >= 4 is 11.7 Å². The highest BCUT2D eigenvalue weighted by Crippen LogP contribution is 1.96. The van der Waals surface area contributed by atoms with Crippen LogP contribution in [0.25, 0.3) is 5.78 Å². The monoisotopic (exact) mass is 165 g/mol. The largest absolute Gasteiger partial charge is 0.366 e. The summed E-state index contributed by atoms with van der Waals surface area (Å²) in [4.78, 5) is 17.4. The van der Waals surface area contributed by atoms with E-state index in [0.29, 0.717) is 11.3 Å². The van der Waals surface area contributed by atoms with Crippen molar-refractivity contribution in [2.45, 2.75) is 6.92 Å². The van der Waals surface area contributed by atoms with E-state index in [2.05, 4.69) is 15.1 Å². The summed E-state index contributed by atoms with van der Waals surface area (Å²) in [5, 5.41) is 3.83. The van der Waals surface area contributed by atoms with Crippen LogP contribution in [0.15, 0.2) is 11.0 Å². The van der Waals surface area contributed by atoms with Crippen LogP contribution in [0.2, 0.25) is 0 Å². The number of rotatable bonds is 0. The Morgan fingerprint density at radius 1 is 1.67 bits per heavy atom. The minimum absolute atomic E-state index is 0.149. The van der Waals surface area contributed by atoms with Crippen molar-refractivity contribution in [2.75, 3.05) is 5.73 Å². The minimum atomic E-state index is -0.171. The van der Waals surface area contributed by atoms with Crippen LogP contribution in [0.4, 0.5) is 5.95 Å². The quantitative estimate of drug-likeness (QED) is 0.540. The normalized spacial score (nSPS) is 10.8. The predicted molar refractivity (Wildman–Crippen MR) is 42.8 cm³/mol. The molecule has 6 heteroatoms. The van der Waals surface area contributed by atoms with Gasteiger partial charge in [-0.05, 0) is 6.92 Å². The van der Waals surface area contributed by atoms with Crippen LogP contribution in [-0.4, -0.2) is 19.6 Å². The van der Waals surface area contributed by atoms with Gasteiger partial charge in [0.25, 0.3) is 5.56 Å². The van der Waals surface area contributed by atoms with Gasteiger partial charge in [0.2, 0.25) is 11.7 Å². The van der Waals surface area contributed by atoms with E-state index in [4.69, 9.17) is 5.73 Å². The molecular formula is C6H7N5O. The zero-order valence-electron chi connectivity index (χ0n) is 6.40. The number of hydrogen-bond donors (Lipinski definition) is 2. The molecule has 0 amide bonds. The summed E-state index contributed by atoms with van der Waals surface area (Å²) in [6, 6.07) is 0. The maximum Gasteiger partial charge on any atom is 0.255 e. The number of nitrogens with two attached hydrogens (primary N) is 1. The summed E-state index contributed by atoms with van der Waals surface area (Å²) in [5.41, 5.74) is 5.73. The van der Waals surface area contributed by atoms with Gasteiger partial charge in [-0.25, -0.2) is 4.52 Å². The van der Waals surface area contributed by atoms with E-state index in [0.717, 1.165) is 0 Å². The van der Waals surface area contributed by atoms with Crippen molar-refractivity contribution in [1.29, 1.82) is 0 Å². The molecule has 0 aliphatic heterocycles. The van der Waals surface area contributed by atoms with Crippen LogP contribution in [-0.2, 0) is 0 Å². The number of H-pyrrole nitrogens is 1. The number of nitrogens with zero attached hydrogens (tertiary/aromatic N) is 3. The number of anilines is 1. The summed E-state index contributed by atoms with van der Waals surface area (Å²) < 4.78 is 1.44. The van der Waals surface area contributed by atoms with Crippen LogP contribution >= 0.6 is 0 Å². The van der Waals surface area contributed by atoms with E-state index >= 15 is 0 Å². The first-order valence-corrected chi connectivity index (χ1v) is 3.38. The zero-order valence-corrected chi connectivity index (χ0v) is 6.40. The fraction of sp³-hybridized carbons (Fsp3) is 0.167. The van der Waals surface area contributed by atoms with E-state index < -0.39 is 0 Å². The molecule has 0 spiro atoms. The van der Waals surface area contributed by atoms with Crippen LogP contribution in [0.1, 0.15) is 5.56 Å². The van der Waals surface area contributed by atoms with Crippen molar-refractivity contribution in [3.05, 3.63) is 22.1 Å². The van der Waals surface area contributed by atoms with Gasteiger partial charge in [-0.1, -0.05) is 0 Å². The lowest BCUT2D eigenvalue weighted by molar-refractivity contribution is 0.920. The number of aromatic nitrogens is 4. The first-order valence-electron chi connectivity index (χ1n) is 3.38. The van der Waals surface area contributed by atoms with Crippen LogP contribution < -0.4 is 11.3 Å². The Hall–Kier alpha value is -1.85. The molecule has 0 atom stereocenters. The van der Waals surface area contributed by atoms with E-state index in [1.807, 2.05) is 0 Å². The number of aryl methyl sites for hydroxylation is 1. The number of fused-ring (bicyclic) bond motifs is 1. The molecule has 2 aromatic heterocycles. The molecule has 0 saturated carbocycles. The minimum Gasteiger partial charge on any atom is -0.366 e. The van der Waals surface area contributed by atoms with Crippen LogP contribution in [0.3, 0.4) is 0 Å². The van der Waals surface area contributed by atoms with Gasteiger partial charge < -0.3 is 5.73 Å². The van der Waals surface area contributed by atoms with E-state index in [-0.39, 0.29) is 11.5 Å². The molecule has 6 nitrogen and oxygen atoms in total. The third-order valence-corrected chi connectivity index (χ3v) is 1.55. The number of nitrogen functional groups attached to an aromatic ring is 1. The van der Waals surface area contributed by atoms with Crippen molar-refractivity contribution in [1.82, 2.24) is 19.6 Å². The van der Waals surface area contributed by atoms with Crippen LogP contribution in [0.5, 0.6) is 0 Å². The van der Waals surface area contributed by atoms with Gasteiger partial charge in [-0.2, -0.15) is 4.98 Å². The lowest BCUT2D eigenvalue weighted by atomic mass is 10.4. The highest BCUT2D eigenvalue weighted by Gasteiger charge is 2.01. The number of hydrogen-bond acceptors (Lipinski definition) is 4. The topological polar surface area (TPSA) is 89.1 Å².